The number of methoxy groups -OCH3 is 1. The van der Waals surface area contributed by atoms with E-state index in [1.807, 2.05) is 31.2 Å². The van der Waals surface area contributed by atoms with Gasteiger partial charge in [0.1, 0.15) is 10.8 Å². The fourth-order valence-corrected chi connectivity index (χ4v) is 3.69. The number of amides is 2. The number of anilines is 1. The smallest absolute Gasteiger partial charge is 0.341 e. The fourth-order valence-electron chi connectivity index (χ4n) is 2.64. The molecule has 7 nitrogen and oxygen atoms in total. The normalized spacial score (nSPS) is 11.0. The van der Waals surface area contributed by atoms with Crippen LogP contribution in [0.2, 0.25) is 0 Å². The molecule has 0 aliphatic carbocycles. The van der Waals surface area contributed by atoms with Crippen LogP contribution >= 0.6 is 11.3 Å². The van der Waals surface area contributed by atoms with Gasteiger partial charge in [-0.1, -0.05) is 32.9 Å². The average molecular weight is 447 g/mol. The molecule has 0 fully saturated rings. The van der Waals surface area contributed by atoms with Gasteiger partial charge in [-0.25, -0.2) is 4.79 Å². The molecule has 1 heterocycles. The largest absolute Gasteiger partial charge is 0.497 e. The van der Waals surface area contributed by atoms with Gasteiger partial charge in [-0.15, -0.1) is 11.3 Å². The summed E-state index contributed by atoms with van der Waals surface area (Å²) in [5.41, 5.74) is 1.49. The molecule has 0 bridgehead atoms. The SMILES string of the molecule is COc1ccc(CCNC(=O)COC(=O)c2c(NC(=O)C(C)(C)C)sc(C)c2C)cc1. The summed E-state index contributed by atoms with van der Waals surface area (Å²) in [6, 6.07) is 7.58. The van der Waals surface area contributed by atoms with Gasteiger partial charge in [-0.05, 0) is 43.5 Å². The lowest BCUT2D eigenvalue weighted by Crippen LogP contribution is -2.31. The minimum Gasteiger partial charge on any atom is -0.497 e. The minimum atomic E-state index is -0.628. The predicted molar refractivity (Wildman–Crippen MR) is 122 cm³/mol. The standard InChI is InChI=1S/C23H30N2O5S/c1-14-15(2)31-20(25-22(28)23(3,4)5)19(14)21(27)30-13-18(26)24-12-11-16-7-9-17(29-6)10-8-16/h7-10H,11-13H2,1-6H3,(H,24,26)(H,25,28). The molecule has 0 spiro atoms. The van der Waals surface area contributed by atoms with Gasteiger partial charge in [-0.3, -0.25) is 9.59 Å². The van der Waals surface area contributed by atoms with Crippen molar-refractivity contribution in [3.05, 3.63) is 45.8 Å². The Bertz CT molecular complexity index is 942. The third-order valence-electron chi connectivity index (χ3n) is 4.73. The summed E-state index contributed by atoms with van der Waals surface area (Å²) in [4.78, 5) is 38.0. The number of nitrogens with one attached hydrogen (secondary N) is 2. The van der Waals surface area contributed by atoms with Crippen molar-refractivity contribution in [2.45, 2.75) is 41.0 Å². The Kier molecular flexibility index (Phi) is 8.21. The molecular formula is C23H30N2O5S. The van der Waals surface area contributed by atoms with Crippen LogP contribution in [0.5, 0.6) is 5.75 Å². The molecule has 168 valence electrons. The summed E-state index contributed by atoms with van der Waals surface area (Å²) in [6.07, 6.45) is 0.648. The van der Waals surface area contributed by atoms with Crippen molar-refractivity contribution in [1.82, 2.24) is 5.32 Å². The molecule has 2 rings (SSSR count). The van der Waals surface area contributed by atoms with Gasteiger partial charge >= 0.3 is 5.97 Å². The molecule has 2 amide bonds. The lowest BCUT2D eigenvalue weighted by molar-refractivity contribution is -0.124. The monoisotopic (exact) mass is 446 g/mol. The number of carbonyl (C=O) groups excluding carboxylic acids is 3. The van der Waals surface area contributed by atoms with Gasteiger partial charge in [-0.2, -0.15) is 0 Å². The first-order valence-corrected chi connectivity index (χ1v) is 10.8. The summed E-state index contributed by atoms with van der Waals surface area (Å²) in [5, 5.41) is 5.99. The Morgan fingerprint density at radius 3 is 2.29 bits per heavy atom. The summed E-state index contributed by atoms with van der Waals surface area (Å²) in [6.45, 7) is 9.09. The molecule has 0 radical (unpaired) electrons. The molecule has 2 aromatic rings. The van der Waals surface area contributed by atoms with E-state index in [9.17, 15) is 14.4 Å². The average Bonchev–Trinajstić information content (AvgIpc) is 2.99. The van der Waals surface area contributed by atoms with Gasteiger partial charge in [0.05, 0.1) is 12.7 Å². The van der Waals surface area contributed by atoms with Crippen LogP contribution in [-0.2, 0) is 20.7 Å². The Hall–Kier alpha value is -2.87. The van der Waals surface area contributed by atoms with Crippen LogP contribution in [0.1, 0.15) is 47.1 Å². The van der Waals surface area contributed by atoms with Crippen LogP contribution in [0.15, 0.2) is 24.3 Å². The molecule has 31 heavy (non-hydrogen) atoms. The van der Waals surface area contributed by atoms with Crippen LogP contribution in [0.3, 0.4) is 0 Å². The lowest BCUT2D eigenvalue weighted by atomic mass is 9.96. The van der Waals surface area contributed by atoms with E-state index in [0.29, 0.717) is 23.5 Å². The van der Waals surface area contributed by atoms with E-state index in [0.717, 1.165) is 21.8 Å². The highest BCUT2D eigenvalue weighted by Crippen LogP contribution is 2.34. The first kappa shape index (κ1) is 24.4. The molecule has 1 aromatic carbocycles. The fraction of sp³-hybridized carbons (Fsp3) is 0.435. The number of ether oxygens (including phenoxy) is 2. The topological polar surface area (TPSA) is 93.7 Å². The Labute approximate surface area is 187 Å². The van der Waals surface area contributed by atoms with Gasteiger partial charge < -0.3 is 20.1 Å². The Morgan fingerprint density at radius 1 is 1.06 bits per heavy atom. The summed E-state index contributed by atoms with van der Waals surface area (Å²) >= 11 is 1.32. The zero-order valence-electron chi connectivity index (χ0n) is 18.9. The third kappa shape index (κ3) is 6.82. The number of rotatable bonds is 8. The Balaban J connectivity index is 1.89. The van der Waals surface area contributed by atoms with E-state index in [1.54, 1.807) is 34.8 Å². The maximum Gasteiger partial charge on any atom is 0.341 e. The third-order valence-corrected chi connectivity index (χ3v) is 5.85. The summed E-state index contributed by atoms with van der Waals surface area (Å²) < 4.78 is 10.3. The Morgan fingerprint density at radius 2 is 1.71 bits per heavy atom. The van der Waals surface area contributed by atoms with E-state index in [2.05, 4.69) is 10.6 Å². The number of aryl methyl sites for hydroxylation is 1. The van der Waals surface area contributed by atoms with Crippen molar-refractivity contribution in [2.24, 2.45) is 5.41 Å². The quantitative estimate of drug-likeness (QED) is 0.601. The summed E-state index contributed by atoms with van der Waals surface area (Å²) in [7, 11) is 1.61. The zero-order chi connectivity index (χ0) is 23.2. The number of hydrogen-bond acceptors (Lipinski definition) is 6. The molecule has 0 atom stereocenters. The molecule has 0 saturated carbocycles. The predicted octanol–water partition coefficient (Wildman–Crippen LogP) is 3.87. The zero-order valence-corrected chi connectivity index (χ0v) is 19.7. The summed E-state index contributed by atoms with van der Waals surface area (Å²) in [5.74, 6) is -0.432. The van der Waals surface area contributed by atoms with Crippen LogP contribution in [0, 0.1) is 19.3 Å². The maximum absolute atomic E-state index is 12.6. The van der Waals surface area contributed by atoms with E-state index < -0.39 is 11.4 Å². The number of hydrogen-bond donors (Lipinski definition) is 2. The highest BCUT2D eigenvalue weighted by Gasteiger charge is 2.27. The van der Waals surface area contributed by atoms with Crippen molar-refractivity contribution in [2.75, 3.05) is 25.6 Å². The molecular weight excluding hydrogens is 416 g/mol. The van der Waals surface area contributed by atoms with Gasteiger partial charge in [0.15, 0.2) is 6.61 Å². The van der Waals surface area contributed by atoms with E-state index in [-0.39, 0.29) is 18.4 Å². The molecule has 1 aromatic heterocycles. The lowest BCUT2D eigenvalue weighted by Gasteiger charge is -2.17. The van der Waals surface area contributed by atoms with Gasteiger partial charge in [0.25, 0.3) is 5.91 Å². The molecule has 8 heteroatoms. The van der Waals surface area contributed by atoms with Crippen molar-refractivity contribution < 1.29 is 23.9 Å². The van der Waals surface area contributed by atoms with Crippen molar-refractivity contribution >= 4 is 34.1 Å². The van der Waals surface area contributed by atoms with Crippen LogP contribution < -0.4 is 15.4 Å². The number of benzene rings is 1. The van der Waals surface area contributed by atoms with E-state index in [1.165, 1.54) is 11.3 Å². The highest BCUT2D eigenvalue weighted by molar-refractivity contribution is 7.16. The van der Waals surface area contributed by atoms with E-state index >= 15 is 0 Å². The first-order chi connectivity index (χ1) is 14.5. The highest BCUT2D eigenvalue weighted by atomic mass is 32.1. The van der Waals surface area contributed by atoms with Crippen LogP contribution in [-0.4, -0.2) is 38.0 Å². The van der Waals surface area contributed by atoms with Crippen molar-refractivity contribution in [3.8, 4) is 5.75 Å². The van der Waals surface area contributed by atoms with Crippen molar-refractivity contribution in [1.29, 1.82) is 0 Å². The first-order valence-electron chi connectivity index (χ1n) is 10.0. The van der Waals surface area contributed by atoms with Gasteiger partial charge in [0, 0.05) is 16.8 Å². The van der Waals surface area contributed by atoms with Crippen LogP contribution in [0.4, 0.5) is 5.00 Å². The molecule has 0 saturated heterocycles. The molecule has 0 aliphatic rings. The molecule has 2 N–H and O–H groups in total. The minimum absolute atomic E-state index is 0.195. The number of thiophene rings is 1. The second-order valence-corrected chi connectivity index (χ2v) is 9.44. The maximum atomic E-state index is 12.6. The second kappa shape index (κ2) is 10.4. The molecule has 0 unspecified atom stereocenters. The molecule has 0 aliphatic heterocycles. The van der Waals surface area contributed by atoms with E-state index in [4.69, 9.17) is 9.47 Å². The van der Waals surface area contributed by atoms with Crippen molar-refractivity contribution in [3.63, 3.8) is 0 Å². The number of carbonyl (C=O) groups is 3. The number of esters is 1. The van der Waals surface area contributed by atoms with Crippen LogP contribution in [0.25, 0.3) is 0 Å². The second-order valence-electron chi connectivity index (χ2n) is 8.22. The van der Waals surface area contributed by atoms with Gasteiger partial charge in [0.2, 0.25) is 5.91 Å².